The number of fused-ring (bicyclic) bond motifs is 1. The van der Waals surface area contributed by atoms with E-state index in [0.717, 1.165) is 12.8 Å². The van der Waals surface area contributed by atoms with E-state index in [1.807, 2.05) is 0 Å². The molecule has 1 aliphatic carbocycles. The lowest BCUT2D eigenvalue weighted by Gasteiger charge is -2.22. The smallest absolute Gasteiger partial charge is 0.270 e. The van der Waals surface area contributed by atoms with Gasteiger partial charge in [-0.15, -0.1) is 0 Å². The number of primary amides is 1. The molecule has 13 heteroatoms. The Hall–Kier alpha value is -4.06. The number of hydrogen-bond donors (Lipinski definition) is 2. The number of nitro benzene ring substituents is 1. The second-order valence-electron chi connectivity index (χ2n) is 8.07. The molecule has 182 valence electrons. The molecule has 0 aliphatic heterocycles. The lowest BCUT2D eigenvalue weighted by Crippen LogP contribution is -2.43. The molecular weight excluding hydrogens is 483 g/mol. The third kappa shape index (κ3) is 5.22. The molecule has 1 heterocycles. The fourth-order valence-electron chi connectivity index (χ4n) is 3.70. The zero-order valence-electron chi connectivity index (χ0n) is 18.2. The molecule has 0 saturated heterocycles. The maximum Gasteiger partial charge on any atom is 0.270 e. The van der Waals surface area contributed by atoms with Crippen molar-refractivity contribution in [2.24, 2.45) is 5.73 Å². The number of carbonyl (C=O) groups excluding carboxylic acids is 3. The van der Waals surface area contributed by atoms with Gasteiger partial charge < -0.3 is 16.0 Å². The topological polar surface area (TPSA) is 153 Å². The molecule has 1 saturated carbocycles. The second kappa shape index (κ2) is 9.66. The molecule has 3 aromatic rings. The number of carbonyl (C=O) groups is 3. The van der Waals surface area contributed by atoms with E-state index in [9.17, 15) is 28.9 Å². The van der Waals surface area contributed by atoms with Crippen LogP contribution in [0.25, 0.3) is 10.9 Å². The molecule has 3 amide bonds. The number of nitrogens with two attached hydrogens (primary N) is 1. The maximum absolute atomic E-state index is 14.1. The summed E-state index contributed by atoms with van der Waals surface area (Å²) in [6.07, 6.45) is 1.45. The van der Waals surface area contributed by atoms with Crippen LogP contribution in [0.3, 0.4) is 0 Å². The van der Waals surface area contributed by atoms with Gasteiger partial charge in [-0.25, -0.2) is 4.39 Å². The van der Waals surface area contributed by atoms with Gasteiger partial charge in [0.15, 0.2) is 5.69 Å². The molecule has 4 rings (SSSR count). The van der Waals surface area contributed by atoms with Gasteiger partial charge in [0.05, 0.1) is 22.0 Å². The molecule has 0 unspecified atom stereocenters. The van der Waals surface area contributed by atoms with Crippen molar-refractivity contribution >= 4 is 45.9 Å². The molecule has 0 bridgehead atoms. The number of aromatic nitrogens is 2. The summed E-state index contributed by atoms with van der Waals surface area (Å²) < 4.78 is 15.3. The SMILES string of the molecule is NC(=O)c1nn(CC(=O)N(CC(=O)NCc2cccc(Cl)c2F)C2CC2)c2ccc([N+](=O)[O-])cc12. The van der Waals surface area contributed by atoms with Crippen molar-refractivity contribution in [1.29, 1.82) is 0 Å². The molecule has 0 radical (unpaired) electrons. The number of rotatable bonds is 9. The van der Waals surface area contributed by atoms with Crippen LogP contribution in [0.4, 0.5) is 10.1 Å². The lowest BCUT2D eigenvalue weighted by molar-refractivity contribution is -0.384. The van der Waals surface area contributed by atoms with Gasteiger partial charge in [-0.05, 0) is 25.0 Å². The van der Waals surface area contributed by atoms with Crippen molar-refractivity contribution in [1.82, 2.24) is 20.0 Å². The molecule has 1 aromatic heterocycles. The van der Waals surface area contributed by atoms with Crippen molar-refractivity contribution < 1.29 is 23.7 Å². The Morgan fingerprint density at radius 1 is 1.29 bits per heavy atom. The van der Waals surface area contributed by atoms with E-state index in [4.69, 9.17) is 17.3 Å². The second-order valence-corrected chi connectivity index (χ2v) is 8.48. The Kier molecular flexibility index (Phi) is 6.65. The monoisotopic (exact) mass is 502 g/mol. The maximum atomic E-state index is 14.1. The summed E-state index contributed by atoms with van der Waals surface area (Å²) in [5.41, 5.74) is 5.45. The fraction of sp³-hybridized carbons (Fsp3) is 0.273. The third-order valence-corrected chi connectivity index (χ3v) is 5.88. The Morgan fingerprint density at radius 2 is 2.03 bits per heavy atom. The van der Waals surface area contributed by atoms with E-state index >= 15 is 0 Å². The van der Waals surface area contributed by atoms with Crippen LogP contribution in [0.1, 0.15) is 28.9 Å². The van der Waals surface area contributed by atoms with Gasteiger partial charge in [0.2, 0.25) is 11.8 Å². The summed E-state index contributed by atoms with van der Waals surface area (Å²) in [7, 11) is 0. The zero-order chi connectivity index (χ0) is 25.3. The minimum absolute atomic E-state index is 0.0568. The van der Waals surface area contributed by atoms with Gasteiger partial charge in [0.1, 0.15) is 12.4 Å². The van der Waals surface area contributed by atoms with Crippen LogP contribution in [-0.2, 0) is 22.7 Å². The van der Waals surface area contributed by atoms with Gasteiger partial charge in [-0.2, -0.15) is 5.10 Å². The fourth-order valence-corrected chi connectivity index (χ4v) is 3.89. The number of benzene rings is 2. The molecule has 1 fully saturated rings. The molecule has 3 N–H and O–H groups in total. The van der Waals surface area contributed by atoms with Crippen molar-refractivity contribution in [2.45, 2.75) is 32.0 Å². The van der Waals surface area contributed by atoms with E-state index in [2.05, 4.69) is 10.4 Å². The normalized spacial score (nSPS) is 13.0. The number of halogens is 2. The van der Waals surface area contributed by atoms with Crippen molar-refractivity contribution in [3.63, 3.8) is 0 Å². The van der Waals surface area contributed by atoms with Gasteiger partial charge in [0.25, 0.3) is 11.6 Å². The highest BCUT2D eigenvalue weighted by molar-refractivity contribution is 6.30. The number of hydrogen-bond acceptors (Lipinski definition) is 6. The molecule has 1 aliphatic rings. The van der Waals surface area contributed by atoms with Crippen LogP contribution in [0.5, 0.6) is 0 Å². The number of nitrogens with one attached hydrogen (secondary N) is 1. The van der Waals surface area contributed by atoms with Crippen LogP contribution in [-0.4, -0.2) is 49.9 Å². The summed E-state index contributed by atoms with van der Waals surface area (Å²) in [6, 6.07) is 8.12. The largest absolute Gasteiger partial charge is 0.364 e. The highest BCUT2D eigenvalue weighted by Crippen LogP contribution is 2.28. The summed E-state index contributed by atoms with van der Waals surface area (Å²) in [6.45, 7) is -0.657. The molecule has 2 aromatic carbocycles. The molecular formula is C22H20ClFN6O5. The quantitative estimate of drug-likeness (QED) is 0.337. The first kappa shape index (κ1) is 24.1. The van der Waals surface area contributed by atoms with Crippen LogP contribution in [0.15, 0.2) is 36.4 Å². The summed E-state index contributed by atoms with van der Waals surface area (Å²) in [5, 5.41) is 17.9. The molecule has 0 spiro atoms. The first-order valence-corrected chi connectivity index (χ1v) is 11.0. The Balaban J connectivity index is 1.49. The highest BCUT2D eigenvalue weighted by atomic mass is 35.5. The Bertz CT molecular complexity index is 1360. The lowest BCUT2D eigenvalue weighted by atomic mass is 10.2. The molecule has 0 atom stereocenters. The summed E-state index contributed by atoms with van der Waals surface area (Å²) in [5.74, 6) is -2.44. The molecule has 35 heavy (non-hydrogen) atoms. The van der Waals surface area contributed by atoms with Crippen LogP contribution >= 0.6 is 11.6 Å². The van der Waals surface area contributed by atoms with Crippen molar-refractivity contribution in [2.75, 3.05) is 6.54 Å². The minimum Gasteiger partial charge on any atom is -0.364 e. The zero-order valence-corrected chi connectivity index (χ0v) is 19.0. The molecule has 11 nitrogen and oxygen atoms in total. The van der Waals surface area contributed by atoms with Crippen molar-refractivity contribution in [3.8, 4) is 0 Å². The first-order chi connectivity index (χ1) is 16.7. The van der Waals surface area contributed by atoms with Gasteiger partial charge in [0, 0.05) is 35.7 Å². The van der Waals surface area contributed by atoms with Gasteiger partial charge in [-0.3, -0.25) is 29.2 Å². The number of nitro groups is 1. The minimum atomic E-state index is -0.895. The summed E-state index contributed by atoms with van der Waals surface area (Å²) >= 11 is 5.76. The summed E-state index contributed by atoms with van der Waals surface area (Å²) in [4.78, 5) is 49.3. The van der Waals surface area contributed by atoms with Crippen molar-refractivity contribution in [3.05, 3.63) is 68.6 Å². The average molecular weight is 503 g/mol. The third-order valence-electron chi connectivity index (χ3n) is 5.59. The number of amides is 3. The predicted molar refractivity (Wildman–Crippen MR) is 123 cm³/mol. The Morgan fingerprint density at radius 3 is 2.69 bits per heavy atom. The number of non-ortho nitro benzene ring substituents is 1. The number of nitrogens with zero attached hydrogens (tertiary/aromatic N) is 4. The van der Waals surface area contributed by atoms with E-state index < -0.39 is 28.5 Å². The van der Waals surface area contributed by atoms with E-state index in [0.29, 0.717) is 5.52 Å². The van der Waals surface area contributed by atoms with Gasteiger partial charge >= 0.3 is 0 Å². The van der Waals surface area contributed by atoms with E-state index in [-0.39, 0.29) is 53.0 Å². The van der Waals surface area contributed by atoms with E-state index in [1.54, 1.807) is 6.07 Å². The highest BCUT2D eigenvalue weighted by Gasteiger charge is 2.34. The van der Waals surface area contributed by atoms with Gasteiger partial charge in [-0.1, -0.05) is 23.7 Å². The van der Waals surface area contributed by atoms with Crippen LogP contribution in [0, 0.1) is 15.9 Å². The van der Waals surface area contributed by atoms with E-state index in [1.165, 1.54) is 39.9 Å². The predicted octanol–water partition coefficient (Wildman–Crippen LogP) is 2.14. The average Bonchev–Trinajstić information content (AvgIpc) is 3.59. The standard InChI is InChI=1S/C22H20ClFN6O5/c23-16-3-1-2-12(20(16)24)9-26-18(31)10-28(13-4-5-13)19(32)11-29-17-7-6-14(30(34)35)8-15(17)21(27-29)22(25)33/h1-3,6-8,13H,4-5,9-11H2,(H2,25,33)(H,26,31). The Labute approximate surface area is 202 Å². The van der Waals surface area contributed by atoms with Crippen LogP contribution in [0.2, 0.25) is 5.02 Å². The van der Waals surface area contributed by atoms with Crippen LogP contribution < -0.4 is 11.1 Å². The first-order valence-electron chi connectivity index (χ1n) is 10.6.